The van der Waals surface area contributed by atoms with E-state index >= 15 is 0 Å². The summed E-state index contributed by atoms with van der Waals surface area (Å²) in [5.74, 6) is 2.07. The van der Waals surface area contributed by atoms with E-state index in [4.69, 9.17) is 0 Å². The van der Waals surface area contributed by atoms with Gasteiger partial charge in [-0.1, -0.05) is 149 Å². The molecule has 0 heterocycles. The predicted molar refractivity (Wildman–Crippen MR) is 240 cm³/mol. The second kappa shape index (κ2) is 15.8. The van der Waals surface area contributed by atoms with Gasteiger partial charge in [-0.3, -0.25) is 0 Å². The number of aryl methyl sites for hydroxylation is 1. The largest absolute Gasteiger partial charge is 0.0842 e. The minimum Gasteiger partial charge on any atom is -0.0842 e. The third-order valence-electron chi connectivity index (χ3n) is 14.7. The monoisotopic (exact) mass is 734 g/mol. The zero-order valence-corrected chi connectivity index (χ0v) is 34.5. The summed E-state index contributed by atoms with van der Waals surface area (Å²) in [5.41, 5.74) is 21.5. The van der Waals surface area contributed by atoms with Gasteiger partial charge < -0.3 is 0 Å². The molecule has 0 spiro atoms. The summed E-state index contributed by atoms with van der Waals surface area (Å²) in [6, 6.07) is 26.4. The van der Waals surface area contributed by atoms with Crippen molar-refractivity contribution >= 4 is 11.6 Å². The molecule has 0 bridgehead atoms. The van der Waals surface area contributed by atoms with E-state index in [-0.39, 0.29) is 5.41 Å². The van der Waals surface area contributed by atoms with Gasteiger partial charge in [-0.25, -0.2) is 0 Å². The number of fused-ring (bicyclic) bond motifs is 3. The van der Waals surface area contributed by atoms with Crippen LogP contribution in [0.4, 0.5) is 0 Å². The molecule has 3 aromatic carbocycles. The van der Waals surface area contributed by atoms with Crippen LogP contribution in [-0.2, 0) is 11.8 Å². The second-order valence-corrected chi connectivity index (χ2v) is 17.9. The minimum atomic E-state index is -0.000834. The molecule has 0 aliphatic heterocycles. The molecule has 9 rings (SSSR count). The Kier molecular flexibility index (Phi) is 10.5. The summed E-state index contributed by atoms with van der Waals surface area (Å²) in [6.07, 6.45) is 38.0. The Morgan fingerprint density at radius 3 is 2.39 bits per heavy atom. The second-order valence-electron chi connectivity index (χ2n) is 17.9. The van der Waals surface area contributed by atoms with Crippen molar-refractivity contribution in [1.29, 1.82) is 0 Å². The Hall–Kier alpha value is -4.42. The van der Waals surface area contributed by atoms with Crippen molar-refractivity contribution in [3.8, 4) is 0 Å². The number of benzene rings is 3. The van der Waals surface area contributed by atoms with E-state index in [1.54, 1.807) is 39.0 Å². The number of hydrogen-bond donors (Lipinski definition) is 0. The van der Waals surface area contributed by atoms with E-state index in [0.29, 0.717) is 23.7 Å². The lowest BCUT2D eigenvalue weighted by Gasteiger charge is -2.43. The molecule has 0 aromatic heterocycles. The molecule has 286 valence electrons. The van der Waals surface area contributed by atoms with E-state index < -0.39 is 0 Å². The molecule has 56 heavy (non-hydrogen) atoms. The fraction of sp³-hybridized carbons (Fsp3) is 0.393. The highest BCUT2D eigenvalue weighted by molar-refractivity contribution is 5.72. The van der Waals surface area contributed by atoms with Gasteiger partial charge in [0.15, 0.2) is 0 Å². The van der Waals surface area contributed by atoms with Gasteiger partial charge in [0.05, 0.1) is 0 Å². The molecule has 3 unspecified atom stereocenters. The Morgan fingerprint density at radius 2 is 1.55 bits per heavy atom. The molecule has 0 nitrogen and oxygen atoms in total. The summed E-state index contributed by atoms with van der Waals surface area (Å²) in [6.45, 7) is 9.46. The molecule has 0 fully saturated rings. The first-order valence-electron chi connectivity index (χ1n) is 22.4. The molecule has 0 amide bonds. The lowest BCUT2D eigenvalue weighted by atomic mass is 9.60. The van der Waals surface area contributed by atoms with Crippen molar-refractivity contribution in [3.05, 3.63) is 188 Å². The Morgan fingerprint density at radius 1 is 0.714 bits per heavy atom. The molecule has 3 aromatic rings. The molecule has 0 N–H and O–H groups in total. The molecule has 0 radical (unpaired) electrons. The van der Waals surface area contributed by atoms with Crippen LogP contribution in [-0.4, -0.2) is 0 Å². The van der Waals surface area contributed by atoms with Crippen LogP contribution in [0.3, 0.4) is 0 Å². The molecule has 6 aliphatic carbocycles. The molecular weight excluding hydrogens is 673 g/mol. The Balaban J connectivity index is 1.07. The van der Waals surface area contributed by atoms with Gasteiger partial charge in [0, 0.05) is 11.3 Å². The molecule has 0 saturated carbocycles. The third kappa shape index (κ3) is 6.66. The van der Waals surface area contributed by atoms with Crippen LogP contribution in [0.5, 0.6) is 0 Å². The van der Waals surface area contributed by atoms with Gasteiger partial charge in [-0.15, -0.1) is 0 Å². The van der Waals surface area contributed by atoms with E-state index in [1.165, 1.54) is 77.5 Å². The normalized spacial score (nSPS) is 23.4. The Bertz CT molecular complexity index is 2240. The molecular formula is C56H62. The standard InChI is InChI=1S/C56H62/c1-5-56(6-2,46-23-14-21-44(36-46)43-20-13-19-42(35-43)38(3)4)47-24-15-22-45(37-47)55-52-28-11-9-26-50(52)54(51-27-10-12-29-53(51)55)41-33-31-40(32-34-41)49-30-16-18-39-17-7-8-25-48(39)49/h8-9,13,15-16,18-20,22-27,29-30,33,35-38,40,52,55H,5-7,10-12,14,17,21,28,31-32,34H2,1-4H3. The number of allylic oxidation sites excluding steroid dienone is 15. The first-order chi connectivity index (χ1) is 27.5. The maximum Gasteiger partial charge on any atom is 0.0194 e. The Labute approximate surface area is 338 Å². The van der Waals surface area contributed by atoms with Gasteiger partial charge in [0.2, 0.25) is 0 Å². The van der Waals surface area contributed by atoms with Crippen LogP contribution in [0.1, 0.15) is 161 Å². The van der Waals surface area contributed by atoms with Crippen molar-refractivity contribution < 1.29 is 0 Å². The van der Waals surface area contributed by atoms with E-state index in [2.05, 4.69) is 149 Å². The zero-order chi connectivity index (χ0) is 38.2. The minimum absolute atomic E-state index is 0.000834. The average Bonchev–Trinajstić information content (AvgIpc) is 3.26. The molecule has 3 atom stereocenters. The van der Waals surface area contributed by atoms with Crippen LogP contribution in [0.2, 0.25) is 0 Å². The number of hydrogen-bond acceptors (Lipinski definition) is 0. The predicted octanol–water partition coefficient (Wildman–Crippen LogP) is 15.5. The first-order valence-corrected chi connectivity index (χ1v) is 22.4. The highest BCUT2D eigenvalue weighted by Gasteiger charge is 2.41. The summed E-state index contributed by atoms with van der Waals surface area (Å²) in [5, 5.41) is 0. The van der Waals surface area contributed by atoms with Crippen molar-refractivity contribution in [2.45, 2.75) is 134 Å². The summed E-state index contributed by atoms with van der Waals surface area (Å²) >= 11 is 0. The molecule has 0 saturated heterocycles. The smallest absolute Gasteiger partial charge is 0.0194 e. The first kappa shape index (κ1) is 37.2. The third-order valence-corrected chi connectivity index (χ3v) is 14.7. The topological polar surface area (TPSA) is 0 Å². The maximum atomic E-state index is 2.66. The van der Waals surface area contributed by atoms with Crippen LogP contribution in [0.15, 0.2) is 149 Å². The quantitative estimate of drug-likeness (QED) is 0.205. The molecule has 6 aliphatic rings. The molecule has 0 heteroatoms. The van der Waals surface area contributed by atoms with Gasteiger partial charge in [-0.2, -0.15) is 0 Å². The maximum absolute atomic E-state index is 2.66. The van der Waals surface area contributed by atoms with Gasteiger partial charge >= 0.3 is 0 Å². The van der Waals surface area contributed by atoms with Crippen molar-refractivity contribution in [2.24, 2.45) is 5.92 Å². The van der Waals surface area contributed by atoms with Crippen LogP contribution < -0.4 is 0 Å². The highest BCUT2D eigenvalue weighted by Crippen LogP contribution is 2.56. The average molecular weight is 735 g/mol. The number of rotatable bonds is 9. The lowest BCUT2D eigenvalue weighted by Crippen LogP contribution is -2.30. The van der Waals surface area contributed by atoms with Gasteiger partial charge in [-0.05, 0) is 179 Å². The van der Waals surface area contributed by atoms with Crippen molar-refractivity contribution in [1.82, 2.24) is 0 Å². The van der Waals surface area contributed by atoms with Gasteiger partial charge in [0.25, 0.3) is 0 Å². The van der Waals surface area contributed by atoms with Crippen molar-refractivity contribution in [2.75, 3.05) is 0 Å². The van der Waals surface area contributed by atoms with Gasteiger partial charge in [0.1, 0.15) is 0 Å². The van der Waals surface area contributed by atoms with E-state index in [0.717, 1.165) is 44.9 Å². The zero-order valence-electron chi connectivity index (χ0n) is 34.5. The van der Waals surface area contributed by atoms with E-state index in [9.17, 15) is 0 Å². The fourth-order valence-electron chi connectivity index (χ4n) is 11.6. The SMILES string of the molecule is CCC(CC)(C1=CCCC(c2cccc(C(C)C)c2)=C1)c1cccc(C2C3=CCCC=C3C(C3=CCC(c4cccc5c4C=CCC5)CC3)=C3C=CCCC32)c1. The lowest BCUT2D eigenvalue weighted by molar-refractivity contribution is 0.465. The summed E-state index contributed by atoms with van der Waals surface area (Å²) in [7, 11) is 0. The fourth-order valence-corrected chi connectivity index (χ4v) is 11.6. The summed E-state index contributed by atoms with van der Waals surface area (Å²) in [4.78, 5) is 0. The summed E-state index contributed by atoms with van der Waals surface area (Å²) < 4.78 is 0. The van der Waals surface area contributed by atoms with Crippen molar-refractivity contribution in [3.63, 3.8) is 0 Å². The van der Waals surface area contributed by atoms with Crippen LogP contribution in [0, 0.1) is 5.92 Å². The van der Waals surface area contributed by atoms with Crippen LogP contribution >= 0.6 is 0 Å². The van der Waals surface area contributed by atoms with E-state index in [1.807, 2.05) is 0 Å². The van der Waals surface area contributed by atoms with Crippen LogP contribution in [0.25, 0.3) is 11.6 Å². The highest BCUT2D eigenvalue weighted by atomic mass is 14.4.